The zero-order chi connectivity index (χ0) is 22.9. The Hall–Kier alpha value is -4.08. The fraction of sp³-hybridized carbons (Fsp3) is 0.0909. The lowest BCUT2D eigenvalue weighted by molar-refractivity contribution is -0.137. The van der Waals surface area contributed by atoms with Gasteiger partial charge in [-0.25, -0.2) is 4.39 Å². The van der Waals surface area contributed by atoms with Crippen LogP contribution in [0.4, 0.5) is 23.4 Å². The van der Waals surface area contributed by atoms with E-state index in [0.717, 1.165) is 12.1 Å². The smallest absolute Gasteiger partial charge is 0.416 e. The fourth-order valence-corrected chi connectivity index (χ4v) is 3.07. The summed E-state index contributed by atoms with van der Waals surface area (Å²) in [6, 6.07) is 13.4. The number of nitrogens with zero attached hydrogens (tertiary/aromatic N) is 1. The molecule has 0 aliphatic rings. The third-order valence-corrected chi connectivity index (χ3v) is 4.66. The van der Waals surface area contributed by atoms with Gasteiger partial charge in [0.05, 0.1) is 5.56 Å². The monoisotopic (exact) mass is 445 g/mol. The van der Waals surface area contributed by atoms with Crippen molar-refractivity contribution in [3.05, 3.63) is 83.2 Å². The number of amides is 1. The number of nitrogens with two attached hydrogens (primary N) is 1. The summed E-state index contributed by atoms with van der Waals surface area (Å²) in [7, 11) is 0. The average Bonchev–Trinajstić information content (AvgIpc) is 3.39. The summed E-state index contributed by atoms with van der Waals surface area (Å²) in [6.45, 7) is -0.108. The highest BCUT2D eigenvalue weighted by Gasteiger charge is 2.31. The fourth-order valence-electron chi connectivity index (χ4n) is 3.07. The van der Waals surface area contributed by atoms with Gasteiger partial charge in [-0.05, 0) is 30.3 Å². The molecule has 164 valence electrons. The van der Waals surface area contributed by atoms with Crippen molar-refractivity contribution in [2.75, 3.05) is 5.73 Å². The van der Waals surface area contributed by atoms with Crippen LogP contribution < -0.4 is 11.1 Å². The standard InChI is InChI=1S/C22H15F4N3O3/c23-15-7-2-1-4-13(15)11-28-21(30)18-19(29-32-20(18)27)17-9-8-16(31-17)12-5-3-6-14(10-12)22(24,25)26/h1-10H,11,27H2,(H,28,30). The number of halogens is 4. The van der Waals surface area contributed by atoms with E-state index >= 15 is 0 Å². The highest BCUT2D eigenvalue weighted by molar-refractivity contribution is 6.03. The number of hydrogen-bond acceptors (Lipinski definition) is 5. The van der Waals surface area contributed by atoms with Crippen molar-refractivity contribution < 1.29 is 31.3 Å². The third kappa shape index (κ3) is 4.20. The molecule has 1 amide bonds. The molecule has 0 aliphatic carbocycles. The van der Waals surface area contributed by atoms with Gasteiger partial charge in [0.2, 0.25) is 5.88 Å². The molecule has 2 aromatic heterocycles. The number of alkyl halides is 3. The zero-order valence-corrected chi connectivity index (χ0v) is 16.2. The summed E-state index contributed by atoms with van der Waals surface area (Å²) in [5, 5.41) is 6.26. The second-order valence-electron chi connectivity index (χ2n) is 6.79. The number of aromatic nitrogens is 1. The highest BCUT2D eigenvalue weighted by Crippen LogP contribution is 2.35. The topological polar surface area (TPSA) is 94.3 Å². The first-order valence-corrected chi connectivity index (χ1v) is 9.28. The maximum absolute atomic E-state index is 13.8. The predicted octanol–water partition coefficient (Wildman–Crippen LogP) is 5.27. The molecule has 0 atom stereocenters. The van der Waals surface area contributed by atoms with Gasteiger partial charge in [0.1, 0.15) is 17.1 Å². The molecule has 4 rings (SSSR count). The Morgan fingerprint density at radius 3 is 2.53 bits per heavy atom. The Kier molecular flexibility index (Phi) is 5.43. The Labute approximate surface area is 178 Å². The number of rotatable bonds is 5. The lowest BCUT2D eigenvalue weighted by atomic mass is 10.1. The van der Waals surface area contributed by atoms with Crippen molar-refractivity contribution in [2.45, 2.75) is 12.7 Å². The summed E-state index contributed by atoms with van der Waals surface area (Å²) in [5.74, 6) is -1.26. The molecule has 0 bridgehead atoms. The predicted molar refractivity (Wildman–Crippen MR) is 107 cm³/mol. The molecule has 10 heteroatoms. The van der Waals surface area contributed by atoms with Crippen LogP contribution in [0.5, 0.6) is 0 Å². The molecule has 0 spiro atoms. The van der Waals surface area contributed by atoms with Gasteiger partial charge < -0.3 is 20.0 Å². The summed E-state index contributed by atoms with van der Waals surface area (Å²) in [6.07, 6.45) is -4.50. The van der Waals surface area contributed by atoms with E-state index in [-0.39, 0.29) is 46.3 Å². The largest absolute Gasteiger partial charge is 0.454 e. The zero-order valence-electron chi connectivity index (χ0n) is 16.2. The van der Waals surface area contributed by atoms with Crippen molar-refractivity contribution >= 4 is 11.8 Å². The number of anilines is 1. The molecule has 2 heterocycles. The average molecular weight is 445 g/mol. The Morgan fingerprint density at radius 1 is 1.03 bits per heavy atom. The molecule has 0 unspecified atom stereocenters. The molecule has 4 aromatic rings. The van der Waals surface area contributed by atoms with Crippen LogP contribution in [0.3, 0.4) is 0 Å². The van der Waals surface area contributed by atoms with E-state index in [2.05, 4.69) is 10.5 Å². The van der Waals surface area contributed by atoms with Gasteiger partial charge in [0.15, 0.2) is 11.5 Å². The van der Waals surface area contributed by atoms with Crippen LogP contribution in [-0.4, -0.2) is 11.1 Å². The van der Waals surface area contributed by atoms with Crippen LogP contribution in [0.15, 0.2) is 69.6 Å². The lowest BCUT2D eigenvalue weighted by Gasteiger charge is -2.07. The van der Waals surface area contributed by atoms with E-state index in [9.17, 15) is 22.4 Å². The summed E-state index contributed by atoms with van der Waals surface area (Å²) in [4.78, 5) is 12.7. The Morgan fingerprint density at radius 2 is 1.78 bits per heavy atom. The molecule has 2 aromatic carbocycles. The van der Waals surface area contributed by atoms with Crippen molar-refractivity contribution in [1.29, 1.82) is 0 Å². The Bertz CT molecular complexity index is 1280. The first kappa shape index (κ1) is 21.2. The minimum atomic E-state index is -4.50. The summed E-state index contributed by atoms with van der Waals surface area (Å²) >= 11 is 0. The molecular formula is C22H15F4N3O3. The van der Waals surface area contributed by atoms with Gasteiger partial charge in [-0.3, -0.25) is 4.79 Å². The number of hydrogen-bond donors (Lipinski definition) is 2. The van der Waals surface area contributed by atoms with Gasteiger partial charge >= 0.3 is 6.18 Å². The minimum Gasteiger partial charge on any atom is -0.454 e. The molecule has 6 nitrogen and oxygen atoms in total. The van der Waals surface area contributed by atoms with E-state index in [1.807, 2.05) is 0 Å². The first-order chi connectivity index (χ1) is 15.2. The molecule has 32 heavy (non-hydrogen) atoms. The molecule has 0 radical (unpaired) electrons. The van der Waals surface area contributed by atoms with Crippen LogP contribution in [0.2, 0.25) is 0 Å². The molecular weight excluding hydrogens is 430 g/mol. The van der Waals surface area contributed by atoms with E-state index in [4.69, 9.17) is 14.7 Å². The first-order valence-electron chi connectivity index (χ1n) is 9.28. The van der Waals surface area contributed by atoms with Crippen LogP contribution in [0.25, 0.3) is 22.8 Å². The van der Waals surface area contributed by atoms with Crippen LogP contribution in [-0.2, 0) is 12.7 Å². The van der Waals surface area contributed by atoms with Gasteiger partial charge in [0.25, 0.3) is 5.91 Å². The number of carbonyl (C=O) groups is 1. The number of benzene rings is 2. The van der Waals surface area contributed by atoms with Crippen molar-refractivity contribution in [3.63, 3.8) is 0 Å². The lowest BCUT2D eigenvalue weighted by Crippen LogP contribution is -2.24. The van der Waals surface area contributed by atoms with Gasteiger partial charge in [-0.15, -0.1) is 0 Å². The molecule has 0 fully saturated rings. The van der Waals surface area contributed by atoms with Crippen LogP contribution >= 0.6 is 0 Å². The number of nitrogen functional groups attached to an aromatic ring is 1. The maximum Gasteiger partial charge on any atom is 0.416 e. The van der Waals surface area contributed by atoms with E-state index in [0.29, 0.717) is 0 Å². The maximum atomic E-state index is 13.8. The van der Waals surface area contributed by atoms with Crippen molar-refractivity contribution in [2.24, 2.45) is 0 Å². The van der Waals surface area contributed by atoms with Gasteiger partial charge in [0, 0.05) is 17.7 Å². The van der Waals surface area contributed by atoms with E-state index in [1.165, 1.54) is 42.5 Å². The second kappa shape index (κ2) is 8.22. The minimum absolute atomic E-state index is 0.0354. The normalized spacial score (nSPS) is 11.5. The van der Waals surface area contributed by atoms with Crippen molar-refractivity contribution in [1.82, 2.24) is 10.5 Å². The highest BCUT2D eigenvalue weighted by atomic mass is 19.4. The molecule has 0 saturated carbocycles. The number of furan rings is 1. The van der Waals surface area contributed by atoms with Gasteiger partial charge in [-0.2, -0.15) is 13.2 Å². The third-order valence-electron chi connectivity index (χ3n) is 4.66. The number of carbonyl (C=O) groups excluding carboxylic acids is 1. The van der Waals surface area contributed by atoms with Crippen molar-refractivity contribution in [3.8, 4) is 22.8 Å². The molecule has 0 aliphatic heterocycles. The number of nitrogens with one attached hydrogen (secondary N) is 1. The summed E-state index contributed by atoms with van der Waals surface area (Å²) in [5.41, 5.74) is 5.19. The van der Waals surface area contributed by atoms with Crippen LogP contribution in [0, 0.1) is 5.82 Å². The quantitative estimate of drug-likeness (QED) is 0.408. The van der Waals surface area contributed by atoms with E-state index < -0.39 is 23.5 Å². The Balaban J connectivity index is 1.59. The molecule has 3 N–H and O–H groups in total. The second-order valence-corrected chi connectivity index (χ2v) is 6.79. The SMILES string of the molecule is Nc1onc(-c2ccc(-c3cccc(C(F)(F)F)c3)o2)c1C(=O)NCc1ccccc1F. The van der Waals surface area contributed by atoms with Gasteiger partial charge in [-0.1, -0.05) is 35.5 Å². The van der Waals surface area contributed by atoms with Crippen LogP contribution in [0.1, 0.15) is 21.5 Å². The van der Waals surface area contributed by atoms with E-state index in [1.54, 1.807) is 6.07 Å². The molecule has 0 saturated heterocycles. The summed E-state index contributed by atoms with van der Waals surface area (Å²) < 4.78 is 63.3.